The number of carbonyl (C=O) groups excluding carboxylic acids is 3. The highest BCUT2D eigenvalue weighted by atomic mass is 35.5. The number of nitrogens with zero attached hydrogens (tertiary/aromatic N) is 1. The zero-order chi connectivity index (χ0) is 29.2. The van der Waals surface area contributed by atoms with Crippen molar-refractivity contribution >= 4 is 40.7 Å². The summed E-state index contributed by atoms with van der Waals surface area (Å²) in [5.74, 6) is -0.830. The first kappa shape index (κ1) is 26.6. The predicted octanol–water partition coefficient (Wildman–Crippen LogP) is 7.85. The third kappa shape index (κ3) is 3.78. The van der Waals surface area contributed by atoms with Crippen LogP contribution in [-0.2, 0) is 6.42 Å². The molecule has 0 bridgehead atoms. The van der Waals surface area contributed by atoms with Gasteiger partial charge in [0.1, 0.15) is 11.5 Å². The van der Waals surface area contributed by atoms with Gasteiger partial charge in [-0.1, -0.05) is 116 Å². The number of ketones is 3. The van der Waals surface area contributed by atoms with Crippen molar-refractivity contribution in [2.45, 2.75) is 38.3 Å². The Morgan fingerprint density at radius 3 is 2.10 bits per heavy atom. The molecule has 3 atom stereocenters. The Kier molecular flexibility index (Phi) is 6.29. The third-order valence-electron chi connectivity index (χ3n) is 9.09. The number of fused-ring (bicyclic) bond motifs is 5. The first-order valence-electron chi connectivity index (χ1n) is 14.4. The van der Waals surface area contributed by atoms with E-state index in [2.05, 4.69) is 13.8 Å². The van der Waals surface area contributed by atoms with Crippen molar-refractivity contribution in [2.24, 2.45) is 11.3 Å². The molecule has 4 nitrogen and oxygen atoms in total. The molecule has 0 amide bonds. The van der Waals surface area contributed by atoms with Gasteiger partial charge in [-0.3, -0.25) is 14.4 Å². The molecule has 3 aliphatic rings. The molecule has 4 aromatic carbocycles. The summed E-state index contributed by atoms with van der Waals surface area (Å²) in [4.78, 5) is 46.2. The number of benzene rings is 4. The SMILES string of the molecule is CC(C)Cc1ccc(C(=O)[C@@H]2[C@H](c3ccc(Cl)cc3)C3(C(=O)c4ccccc4C3=O)[C@H]3C=Cc4ccccc4N23)cc1. The molecule has 1 spiro atoms. The molecule has 2 aliphatic heterocycles. The second-order valence-electron chi connectivity index (χ2n) is 12.0. The zero-order valence-electron chi connectivity index (χ0n) is 23.5. The Bertz CT molecular complexity index is 1730. The van der Waals surface area contributed by atoms with Crippen LogP contribution in [0.15, 0.2) is 103 Å². The molecule has 0 unspecified atom stereocenters. The van der Waals surface area contributed by atoms with Gasteiger partial charge in [0.05, 0.1) is 6.04 Å². The molecule has 0 saturated carbocycles. The summed E-state index contributed by atoms with van der Waals surface area (Å²) in [6.45, 7) is 4.34. The lowest BCUT2D eigenvalue weighted by molar-refractivity contribution is 0.0666. The van der Waals surface area contributed by atoms with Crippen LogP contribution in [0.3, 0.4) is 0 Å². The molecule has 1 saturated heterocycles. The van der Waals surface area contributed by atoms with E-state index in [4.69, 9.17) is 11.6 Å². The van der Waals surface area contributed by atoms with Gasteiger partial charge in [0.2, 0.25) is 0 Å². The lowest BCUT2D eigenvalue weighted by Crippen LogP contribution is -2.48. The van der Waals surface area contributed by atoms with Gasteiger partial charge < -0.3 is 4.90 Å². The summed E-state index contributed by atoms with van der Waals surface area (Å²) in [5.41, 5.74) is 3.57. The van der Waals surface area contributed by atoms with E-state index >= 15 is 0 Å². The number of hydrogen-bond donors (Lipinski definition) is 0. The van der Waals surface area contributed by atoms with Crippen molar-refractivity contribution in [1.29, 1.82) is 0 Å². The Morgan fingerprint density at radius 1 is 0.833 bits per heavy atom. The second kappa shape index (κ2) is 9.92. The molecule has 0 N–H and O–H groups in total. The van der Waals surface area contributed by atoms with Gasteiger partial charge in [-0.2, -0.15) is 0 Å². The molecule has 0 aromatic heterocycles. The fourth-order valence-corrected chi connectivity index (χ4v) is 7.53. The summed E-state index contributed by atoms with van der Waals surface area (Å²) >= 11 is 6.31. The number of carbonyl (C=O) groups is 3. The Balaban J connectivity index is 1.48. The van der Waals surface area contributed by atoms with Crippen LogP contribution in [0.5, 0.6) is 0 Å². The highest BCUT2D eigenvalue weighted by molar-refractivity contribution is 6.32. The van der Waals surface area contributed by atoms with Gasteiger partial charge in [-0.15, -0.1) is 0 Å². The van der Waals surface area contributed by atoms with Crippen molar-refractivity contribution in [3.63, 3.8) is 0 Å². The molecule has 42 heavy (non-hydrogen) atoms. The van der Waals surface area contributed by atoms with E-state index in [0.29, 0.717) is 27.6 Å². The van der Waals surface area contributed by atoms with Gasteiger partial charge in [0.25, 0.3) is 0 Å². The molecule has 0 radical (unpaired) electrons. The smallest absolute Gasteiger partial charge is 0.185 e. The summed E-state index contributed by atoms with van der Waals surface area (Å²) in [5, 5.41) is 0.546. The van der Waals surface area contributed by atoms with E-state index < -0.39 is 23.4 Å². The Morgan fingerprint density at radius 2 is 1.45 bits per heavy atom. The van der Waals surface area contributed by atoms with Crippen molar-refractivity contribution in [3.05, 3.63) is 142 Å². The van der Waals surface area contributed by atoms with Gasteiger partial charge in [-0.05, 0) is 47.2 Å². The summed E-state index contributed by atoms with van der Waals surface area (Å²) in [7, 11) is 0. The van der Waals surface area contributed by atoms with E-state index in [1.165, 1.54) is 5.56 Å². The minimum Gasteiger partial charge on any atom is -0.352 e. The van der Waals surface area contributed by atoms with Gasteiger partial charge in [-0.25, -0.2) is 0 Å². The van der Waals surface area contributed by atoms with Gasteiger partial charge >= 0.3 is 0 Å². The molecular formula is C37H30ClNO3. The standard InChI is InChI=1S/C37H30ClNO3/c1-22(2)21-23-11-13-26(14-12-23)34(40)33-32(25-15-18-27(38)19-16-25)37(35(41)28-8-4-5-9-29(28)36(37)42)31-20-17-24-7-3-6-10-30(24)39(31)33/h3-20,22,31-33H,21H2,1-2H3/t31-,32+,33+/m1/s1. The van der Waals surface area contributed by atoms with Crippen LogP contribution in [0.4, 0.5) is 5.69 Å². The van der Waals surface area contributed by atoms with Crippen molar-refractivity contribution in [1.82, 2.24) is 0 Å². The van der Waals surface area contributed by atoms with Gasteiger partial charge in [0, 0.05) is 33.3 Å². The Labute approximate surface area is 250 Å². The highest BCUT2D eigenvalue weighted by Crippen LogP contribution is 2.61. The number of para-hydroxylation sites is 1. The topological polar surface area (TPSA) is 54.5 Å². The number of hydrogen-bond acceptors (Lipinski definition) is 4. The third-order valence-corrected chi connectivity index (χ3v) is 9.35. The monoisotopic (exact) mass is 571 g/mol. The Hall–Kier alpha value is -4.28. The van der Waals surface area contributed by atoms with E-state index in [-0.39, 0.29) is 17.3 Å². The minimum atomic E-state index is -1.51. The number of anilines is 1. The first-order chi connectivity index (χ1) is 20.3. The van der Waals surface area contributed by atoms with Crippen LogP contribution in [0, 0.1) is 11.3 Å². The fourth-order valence-electron chi connectivity index (χ4n) is 7.41. The van der Waals surface area contributed by atoms with Crippen LogP contribution in [0.2, 0.25) is 5.02 Å². The van der Waals surface area contributed by atoms with E-state index in [1.54, 1.807) is 36.4 Å². The molecule has 2 heterocycles. The van der Waals surface area contributed by atoms with Crippen molar-refractivity contribution in [3.8, 4) is 0 Å². The minimum absolute atomic E-state index is 0.116. The number of halogens is 1. The molecule has 5 heteroatoms. The zero-order valence-corrected chi connectivity index (χ0v) is 24.2. The molecule has 1 aliphatic carbocycles. The van der Waals surface area contributed by atoms with E-state index in [1.807, 2.05) is 77.7 Å². The van der Waals surface area contributed by atoms with Crippen LogP contribution in [-0.4, -0.2) is 29.4 Å². The maximum atomic E-state index is 14.8. The van der Waals surface area contributed by atoms with Gasteiger partial charge in [0.15, 0.2) is 17.3 Å². The van der Waals surface area contributed by atoms with Crippen LogP contribution in [0.1, 0.15) is 67.5 Å². The quantitative estimate of drug-likeness (QED) is 0.181. The lowest BCUT2D eigenvalue weighted by Gasteiger charge is -2.37. The largest absolute Gasteiger partial charge is 0.352 e. The molecule has 4 aromatic rings. The first-order valence-corrected chi connectivity index (χ1v) is 14.8. The van der Waals surface area contributed by atoms with Crippen LogP contribution in [0.25, 0.3) is 6.08 Å². The number of rotatable bonds is 5. The number of Topliss-reactive ketones (excluding diaryl/α,β-unsaturated/α-hetero) is 3. The predicted molar refractivity (Wildman–Crippen MR) is 167 cm³/mol. The fraction of sp³-hybridized carbons (Fsp3) is 0.216. The lowest BCUT2D eigenvalue weighted by atomic mass is 9.64. The average Bonchev–Trinajstić information content (AvgIpc) is 3.43. The molecule has 1 fully saturated rings. The summed E-state index contributed by atoms with van der Waals surface area (Å²) in [6.07, 6.45) is 4.85. The normalized spacial score (nSPS) is 21.5. The second-order valence-corrected chi connectivity index (χ2v) is 12.4. The average molecular weight is 572 g/mol. The van der Waals surface area contributed by atoms with Crippen molar-refractivity contribution in [2.75, 3.05) is 4.90 Å². The van der Waals surface area contributed by atoms with E-state index in [9.17, 15) is 14.4 Å². The maximum Gasteiger partial charge on any atom is 0.185 e. The van der Waals surface area contributed by atoms with Crippen LogP contribution >= 0.6 is 11.6 Å². The molecule has 7 rings (SSSR count). The summed E-state index contributed by atoms with van der Waals surface area (Å²) in [6, 6.07) is 28.5. The highest BCUT2D eigenvalue weighted by Gasteiger charge is 2.71. The summed E-state index contributed by atoms with van der Waals surface area (Å²) < 4.78 is 0. The van der Waals surface area contributed by atoms with E-state index in [0.717, 1.165) is 23.2 Å². The molecule has 208 valence electrons. The maximum absolute atomic E-state index is 14.8. The van der Waals surface area contributed by atoms with Crippen molar-refractivity contribution < 1.29 is 14.4 Å². The molecular weight excluding hydrogens is 542 g/mol. The van der Waals surface area contributed by atoms with Crippen LogP contribution < -0.4 is 4.90 Å².